The van der Waals surface area contributed by atoms with Crippen LogP contribution in [0.5, 0.6) is 0 Å². The van der Waals surface area contributed by atoms with Crippen molar-refractivity contribution in [3.63, 3.8) is 0 Å². The Morgan fingerprint density at radius 1 is 0.808 bits per heavy atom. The molecule has 2 heteroatoms. The van der Waals surface area contributed by atoms with Gasteiger partial charge >= 0.3 is 0 Å². The molecule has 0 fully saturated rings. The first kappa shape index (κ1) is 14.0. The van der Waals surface area contributed by atoms with E-state index in [-0.39, 0.29) is 0 Å². The quantitative estimate of drug-likeness (QED) is 0.328. The van der Waals surface area contributed by atoms with Crippen LogP contribution in [0.15, 0.2) is 66.9 Å². The smallest absolute Gasteiger partial charge is 0.0974 e. The summed E-state index contributed by atoms with van der Waals surface area (Å²) in [7, 11) is 0. The second-order valence-electron chi connectivity index (χ2n) is 7.12. The van der Waals surface area contributed by atoms with Gasteiger partial charge in [-0.25, -0.2) is 0 Å². The van der Waals surface area contributed by atoms with Crippen LogP contribution >= 0.6 is 0 Å². The Labute approximate surface area is 151 Å². The zero-order valence-electron chi connectivity index (χ0n) is 14.5. The SMILES string of the molecule is Cc1nc2c(ccc3cccnc32)c2c1Cc1cc3ccccc3cc1-2. The number of nitrogens with zero attached hydrogens (tertiary/aromatic N) is 2. The van der Waals surface area contributed by atoms with Crippen LogP contribution < -0.4 is 0 Å². The van der Waals surface area contributed by atoms with E-state index in [2.05, 4.69) is 66.5 Å². The van der Waals surface area contributed by atoms with Gasteiger partial charge in [-0.1, -0.05) is 48.5 Å². The van der Waals surface area contributed by atoms with E-state index in [1.165, 1.54) is 38.4 Å². The number of hydrogen-bond acceptors (Lipinski definition) is 2. The molecule has 2 heterocycles. The largest absolute Gasteiger partial charge is 0.254 e. The highest BCUT2D eigenvalue weighted by atomic mass is 14.8. The molecule has 3 aromatic carbocycles. The van der Waals surface area contributed by atoms with Gasteiger partial charge in [-0.3, -0.25) is 9.97 Å². The molecule has 0 spiro atoms. The Kier molecular flexibility index (Phi) is 2.63. The van der Waals surface area contributed by atoms with Gasteiger partial charge in [0.05, 0.1) is 11.0 Å². The Hall–Kier alpha value is -3.26. The Balaban J connectivity index is 1.78. The molecule has 0 saturated carbocycles. The average molecular weight is 332 g/mol. The summed E-state index contributed by atoms with van der Waals surface area (Å²) < 4.78 is 0. The molecule has 1 aliphatic carbocycles. The molecule has 122 valence electrons. The average Bonchev–Trinajstić information content (AvgIpc) is 3.05. The molecule has 0 bridgehead atoms. The standard InChI is InChI=1S/C24H16N2/c1-14-20-13-18-11-16-5-2-3-6-17(16)12-21(18)22(20)19-9-8-15-7-4-10-25-23(15)24(19)26-14/h2-12H,13H2,1H3. The highest BCUT2D eigenvalue weighted by Gasteiger charge is 2.24. The maximum atomic E-state index is 4.97. The molecule has 2 nitrogen and oxygen atoms in total. The van der Waals surface area contributed by atoms with Crippen LogP contribution in [-0.2, 0) is 6.42 Å². The number of rotatable bonds is 0. The summed E-state index contributed by atoms with van der Waals surface area (Å²) in [5.74, 6) is 0. The van der Waals surface area contributed by atoms with Gasteiger partial charge in [0.25, 0.3) is 0 Å². The number of aromatic nitrogens is 2. The lowest BCUT2D eigenvalue weighted by Gasteiger charge is -2.11. The summed E-state index contributed by atoms with van der Waals surface area (Å²) in [4.78, 5) is 9.58. The van der Waals surface area contributed by atoms with Crippen molar-refractivity contribution in [3.05, 3.63) is 83.7 Å². The van der Waals surface area contributed by atoms with Gasteiger partial charge in [0.1, 0.15) is 0 Å². The summed E-state index contributed by atoms with van der Waals surface area (Å²) >= 11 is 0. The summed E-state index contributed by atoms with van der Waals surface area (Å²) in [6.45, 7) is 2.13. The Morgan fingerprint density at radius 3 is 2.50 bits per heavy atom. The molecule has 0 N–H and O–H groups in total. The number of hydrogen-bond donors (Lipinski definition) is 0. The second-order valence-corrected chi connectivity index (χ2v) is 7.12. The molecular formula is C24H16N2. The van der Waals surface area contributed by atoms with Gasteiger partial charge in [-0.05, 0) is 52.1 Å². The predicted octanol–water partition coefficient (Wildman–Crippen LogP) is 5.82. The fraction of sp³-hybridized carbons (Fsp3) is 0.0833. The first-order valence-electron chi connectivity index (χ1n) is 8.98. The van der Waals surface area contributed by atoms with Gasteiger partial charge in [0.15, 0.2) is 0 Å². The third-order valence-electron chi connectivity index (χ3n) is 5.64. The molecule has 6 rings (SSSR count). The van der Waals surface area contributed by atoms with Crippen molar-refractivity contribution in [2.75, 3.05) is 0 Å². The molecule has 0 amide bonds. The van der Waals surface area contributed by atoms with Crippen molar-refractivity contribution in [2.24, 2.45) is 0 Å². The molecular weight excluding hydrogens is 316 g/mol. The van der Waals surface area contributed by atoms with Crippen LogP contribution in [0.1, 0.15) is 16.8 Å². The van der Waals surface area contributed by atoms with E-state index in [0.717, 1.165) is 28.5 Å². The highest BCUT2D eigenvalue weighted by Crippen LogP contribution is 2.44. The van der Waals surface area contributed by atoms with Gasteiger partial charge in [0.2, 0.25) is 0 Å². The normalized spacial score (nSPS) is 12.7. The van der Waals surface area contributed by atoms with Gasteiger partial charge in [-0.15, -0.1) is 0 Å². The lowest BCUT2D eigenvalue weighted by Crippen LogP contribution is -1.94. The van der Waals surface area contributed by atoms with E-state index in [1.807, 2.05) is 12.3 Å². The summed E-state index contributed by atoms with van der Waals surface area (Å²) in [6, 6.07) is 21.8. The predicted molar refractivity (Wildman–Crippen MR) is 108 cm³/mol. The fourth-order valence-corrected chi connectivity index (χ4v) is 4.40. The zero-order chi connectivity index (χ0) is 17.3. The van der Waals surface area contributed by atoms with Gasteiger partial charge in [0, 0.05) is 29.1 Å². The van der Waals surface area contributed by atoms with Crippen LogP contribution in [-0.4, -0.2) is 9.97 Å². The van der Waals surface area contributed by atoms with Crippen molar-refractivity contribution < 1.29 is 0 Å². The third kappa shape index (κ3) is 1.76. The first-order valence-corrected chi connectivity index (χ1v) is 8.98. The van der Waals surface area contributed by atoms with Crippen LogP contribution in [0.3, 0.4) is 0 Å². The van der Waals surface area contributed by atoms with Crippen LogP contribution in [0.25, 0.3) is 43.7 Å². The Morgan fingerprint density at radius 2 is 1.62 bits per heavy atom. The van der Waals surface area contributed by atoms with Gasteiger partial charge < -0.3 is 0 Å². The lowest BCUT2D eigenvalue weighted by atomic mass is 9.96. The molecule has 0 radical (unpaired) electrons. The number of aryl methyl sites for hydroxylation is 1. The van der Waals surface area contributed by atoms with Crippen molar-refractivity contribution in [3.8, 4) is 11.1 Å². The minimum absolute atomic E-state index is 0.963. The molecule has 26 heavy (non-hydrogen) atoms. The molecule has 0 aliphatic heterocycles. The van der Waals surface area contributed by atoms with Crippen molar-refractivity contribution in [1.29, 1.82) is 0 Å². The van der Waals surface area contributed by atoms with Crippen LogP contribution in [0.2, 0.25) is 0 Å². The molecule has 0 saturated heterocycles. The van der Waals surface area contributed by atoms with E-state index in [4.69, 9.17) is 4.98 Å². The van der Waals surface area contributed by atoms with Crippen molar-refractivity contribution >= 4 is 32.6 Å². The van der Waals surface area contributed by atoms with Gasteiger partial charge in [-0.2, -0.15) is 0 Å². The topological polar surface area (TPSA) is 25.8 Å². The fourth-order valence-electron chi connectivity index (χ4n) is 4.40. The van der Waals surface area contributed by atoms with E-state index < -0.39 is 0 Å². The zero-order valence-corrected chi connectivity index (χ0v) is 14.5. The van der Waals surface area contributed by atoms with Crippen LogP contribution in [0.4, 0.5) is 0 Å². The maximum absolute atomic E-state index is 4.97. The van der Waals surface area contributed by atoms with E-state index in [0.29, 0.717) is 0 Å². The Bertz CT molecular complexity index is 1370. The second kappa shape index (κ2) is 4.89. The monoisotopic (exact) mass is 332 g/mol. The first-order chi connectivity index (χ1) is 12.8. The van der Waals surface area contributed by atoms with Crippen molar-refractivity contribution in [2.45, 2.75) is 13.3 Å². The van der Waals surface area contributed by atoms with E-state index >= 15 is 0 Å². The minimum Gasteiger partial charge on any atom is -0.254 e. The van der Waals surface area contributed by atoms with E-state index in [9.17, 15) is 0 Å². The molecule has 1 aliphatic rings. The summed E-state index contributed by atoms with van der Waals surface area (Å²) in [5.41, 5.74) is 8.58. The van der Waals surface area contributed by atoms with E-state index in [1.54, 1.807) is 0 Å². The maximum Gasteiger partial charge on any atom is 0.0974 e. The number of fused-ring (bicyclic) bond motifs is 8. The molecule has 0 unspecified atom stereocenters. The highest BCUT2D eigenvalue weighted by molar-refractivity contribution is 6.11. The molecule has 5 aromatic rings. The third-order valence-corrected chi connectivity index (χ3v) is 5.64. The summed E-state index contributed by atoms with van der Waals surface area (Å²) in [5, 5.41) is 4.95. The van der Waals surface area contributed by atoms with Crippen molar-refractivity contribution in [1.82, 2.24) is 9.97 Å². The minimum atomic E-state index is 0.963. The number of pyridine rings is 2. The lowest BCUT2D eigenvalue weighted by molar-refractivity contribution is 1.14. The molecule has 2 aromatic heterocycles. The number of benzene rings is 3. The molecule has 0 atom stereocenters. The van der Waals surface area contributed by atoms with Crippen LogP contribution in [0, 0.1) is 6.92 Å². The summed E-state index contributed by atoms with van der Waals surface area (Å²) in [6.07, 6.45) is 2.82.